The summed E-state index contributed by atoms with van der Waals surface area (Å²) >= 11 is 2.74. The first-order chi connectivity index (χ1) is 13.1. The molecule has 0 aromatic heterocycles. The van der Waals surface area contributed by atoms with Gasteiger partial charge in [0, 0.05) is 49.7 Å². The lowest BCUT2D eigenvalue weighted by atomic mass is 10.1. The summed E-state index contributed by atoms with van der Waals surface area (Å²) in [5.74, 6) is -1.92. The number of halogens is 1. The molecule has 0 atom stereocenters. The average molecular weight is 470 g/mol. The van der Waals surface area contributed by atoms with Crippen LogP contribution in [-0.4, -0.2) is 52.6 Å². The zero-order valence-corrected chi connectivity index (χ0v) is 17.7. The van der Waals surface area contributed by atoms with Crippen LogP contribution in [-0.2, 0) is 19.6 Å². The summed E-state index contributed by atoms with van der Waals surface area (Å²) in [6, 6.07) is 10.5. The molecule has 150 valence electrons. The molecule has 0 saturated carbocycles. The van der Waals surface area contributed by atoms with Crippen LogP contribution in [0.3, 0.4) is 0 Å². The van der Waals surface area contributed by atoms with Gasteiger partial charge in [0.05, 0.1) is 4.90 Å². The first-order valence-electron chi connectivity index (χ1n) is 8.20. The third-order valence-electron chi connectivity index (χ3n) is 3.81. The lowest BCUT2D eigenvalue weighted by molar-refractivity contribution is -0.132. The summed E-state index contributed by atoms with van der Waals surface area (Å²) < 4.78 is 27.6. The Morgan fingerprint density at radius 2 is 1.75 bits per heavy atom. The second-order valence-electron chi connectivity index (χ2n) is 6.01. The van der Waals surface area contributed by atoms with Crippen LogP contribution in [0.5, 0.6) is 0 Å². The van der Waals surface area contributed by atoms with Gasteiger partial charge in [-0.05, 0) is 28.1 Å². The minimum absolute atomic E-state index is 0.00216. The van der Waals surface area contributed by atoms with Crippen molar-refractivity contribution in [3.8, 4) is 0 Å². The highest BCUT2D eigenvalue weighted by atomic mass is 79.9. The molecule has 2 aromatic rings. The fraction of sp³-hybridized carbons (Fsp3) is 0.222. The van der Waals surface area contributed by atoms with Crippen molar-refractivity contribution >= 4 is 54.3 Å². The van der Waals surface area contributed by atoms with E-state index in [2.05, 4.69) is 26.0 Å². The summed E-state index contributed by atoms with van der Waals surface area (Å²) in [6.45, 7) is -0.0431. The van der Waals surface area contributed by atoms with Crippen LogP contribution in [0.4, 0.5) is 5.69 Å². The summed E-state index contributed by atoms with van der Waals surface area (Å²) in [5.41, 5.74) is 0.901. The monoisotopic (exact) mass is 469 g/mol. The van der Waals surface area contributed by atoms with Crippen molar-refractivity contribution < 1.29 is 23.1 Å². The molecule has 10 heteroatoms. The molecule has 0 fully saturated rings. The number of benzene rings is 2. The molecular formula is C18H20BrN3O5S. The smallest absolute Gasteiger partial charge is 0.342 e. The van der Waals surface area contributed by atoms with Gasteiger partial charge in [0.25, 0.3) is 0 Å². The number of anilines is 1. The van der Waals surface area contributed by atoms with Gasteiger partial charge in [-0.15, -0.1) is 0 Å². The second kappa shape index (κ2) is 9.18. The van der Waals surface area contributed by atoms with Crippen LogP contribution in [0.25, 0.3) is 10.8 Å². The highest BCUT2D eigenvalue weighted by molar-refractivity contribution is 9.12. The Morgan fingerprint density at radius 3 is 2.39 bits per heavy atom. The zero-order chi connectivity index (χ0) is 20.9. The largest absolute Gasteiger partial charge is 0.477 e. The minimum atomic E-state index is -3.80. The summed E-state index contributed by atoms with van der Waals surface area (Å²) in [6.07, 6.45) is 0.865. The highest BCUT2D eigenvalue weighted by Crippen LogP contribution is 2.29. The lowest BCUT2D eigenvalue weighted by Gasteiger charge is -2.17. The summed E-state index contributed by atoms with van der Waals surface area (Å²) in [5, 5.41) is 12.5. The van der Waals surface area contributed by atoms with Crippen LogP contribution in [0.15, 0.2) is 51.9 Å². The average Bonchev–Trinajstić information content (AvgIpc) is 2.64. The summed E-state index contributed by atoms with van der Waals surface area (Å²) in [7, 11) is -0.0364. The number of carbonyl (C=O) groups excluding carboxylic acids is 1. The van der Waals surface area contributed by atoms with E-state index in [9.17, 15) is 18.0 Å². The Kier molecular flexibility index (Phi) is 7.17. The van der Waals surface area contributed by atoms with E-state index in [0.717, 1.165) is 17.1 Å². The highest BCUT2D eigenvalue weighted by Gasteiger charge is 2.18. The normalized spacial score (nSPS) is 12.0. The third kappa shape index (κ3) is 5.31. The molecule has 0 bridgehead atoms. The van der Waals surface area contributed by atoms with Crippen molar-refractivity contribution in [1.82, 2.24) is 10.0 Å². The summed E-state index contributed by atoms with van der Waals surface area (Å²) in [4.78, 5) is 24.3. The quantitative estimate of drug-likeness (QED) is 0.399. The van der Waals surface area contributed by atoms with E-state index < -0.39 is 21.9 Å². The Morgan fingerprint density at radius 1 is 1.11 bits per heavy atom. The molecule has 0 aliphatic rings. The van der Waals surface area contributed by atoms with Gasteiger partial charge in [-0.1, -0.05) is 24.3 Å². The van der Waals surface area contributed by atoms with Gasteiger partial charge < -0.3 is 15.3 Å². The molecule has 0 aliphatic carbocycles. The van der Waals surface area contributed by atoms with Gasteiger partial charge in [0.1, 0.15) is 4.48 Å². The van der Waals surface area contributed by atoms with E-state index in [1.165, 1.54) is 6.07 Å². The maximum absolute atomic E-state index is 12.7. The van der Waals surface area contributed by atoms with E-state index in [4.69, 9.17) is 5.11 Å². The molecule has 0 spiro atoms. The number of nitrogens with one attached hydrogen (secondary N) is 2. The molecule has 28 heavy (non-hydrogen) atoms. The first kappa shape index (κ1) is 21.9. The molecule has 3 N–H and O–H groups in total. The molecule has 0 unspecified atom stereocenters. The fourth-order valence-corrected chi connectivity index (χ4v) is 4.03. The minimum Gasteiger partial charge on any atom is -0.477 e. The molecule has 0 radical (unpaired) electrons. The molecular weight excluding hydrogens is 450 g/mol. The van der Waals surface area contributed by atoms with Gasteiger partial charge in [-0.3, -0.25) is 4.79 Å². The van der Waals surface area contributed by atoms with Crippen molar-refractivity contribution in [1.29, 1.82) is 0 Å². The number of carbonyl (C=O) groups is 2. The Balaban J connectivity index is 2.12. The van der Waals surface area contributed by atoms with Gasteiger partial charge in [-0.2, -0.15) is 0 Å². The Labute approximate surface area is 171 Å². The van der Waals surface area contributed by atoms with Crippen molar-refractivity contribution in [2.75, 3.05) is 32.1 Å². The van der Waals surface area contributed by atoms with Gasteiger partial charge in [-0.25, -0.2) is 17.9 Å². The number of nitrogens with zero attached hydrogens (tertiary/aromatic N) is 1. The number of carboxylic acid groups (broad SMARTS) is 1. The second-order valence-corrected chi connectivity index (χ2v) is 8.60. The van der Waals surface area contributed by atoms with Crippen LogP contribution < -0.4 is 14.9 Å². The number of aliphatic carboxylic acids is 1. The van der Waals surface area contributed by atoms with E-state index in [1.807, 2.05) is 31.1 Å². The van der Waals surface area contributed by atoms with Crippen LogP contribution in [0, 0.1) is 0 Å². The lowest BCUT2D eigenvalue weighted by Crippen LogP contribution is -2.34. The van der Waals surface area contributed by atoms with E-state index in [-0.39, 0.29) is 22.5 Å². The molecule has 0 saturated heterocycles. The maximum atomic E-state index is 12.7. The van der Waals surface area contributed by atoms with Gasteiger partial charge in [0.15, 0.2) is 0 Å². The van der Waals surface area contributed by atoms with E-state index in [0.29, 0.717) is 5.39 Å². The number of rotatable bonds is 8. The molecule has 1 amide bonds. The zero-order valence-electron chi connectivity index (χ0n) is 15.3. The molecule has 0 aliphatic heterocycles. The Bertz CT molecular complexity index is 1030. The van der Waals surface area contributed by atoms with Crippen LogP contribution in [0.2, 0.25) is 0 Å². The SMILES string of the molecule is CN(C)c1cccc2c(S(=O)(=O)NCCNC(=O)C=C(Br)C(=O)O)cccc12. The molecule has 8 nitrogen and oxygen atoms in total. The third-order valence-corrected chi connectivity index (χ3v) is 5.90. The van der Waals surface area contributed by atoms with Crippen molar-refractivity contribution in [2.45, 2.75) is 4.90 Å². The first-order valence-corrected chi connectivity index (χ1v) is 10.5. The number of fused-ring (bicyclic) bond motifs is 1. The van der Waals surface area contributed by atoms with Crippen LogP contribution >= 0.6 is 15.9 Å². The van der Waals surface area contributed by atoms with Crippen LogP contribution in [0.1, 0.15) is 0 Å². The van der Waals surface area contributed by atoms with Gasteiger partial charge >= 0.3 is 5.97 Å². The molecule has 0 heterocycles. The number of amides is 1. The predicted octanol–water partition coefficient (Wildman–Crippen LogP) is 1.66. The predicted molar refractivity (Wildman–Crippen MR) is 111 cm³/mol. The molecule has 2 rings (SSSR count). The van der Waals surface area contributed by atoms with E-state index >= 15 is 0 Å². The van der Waals surface area contributed by atoms with Crippen molar-refractivity contribution in [3.63, 3.8) is 0 Å². The standard InChI is InChI=1S/C18H20BrN3O5S/c1-22(2)15-7-3-6-13-12(15)5-4-8-16(13)28(26,27)21-10-9-20-17(23)11-14(19)18(24)25/h3-8,11,21H,9-10H2,1-2H3,(H,20,23)(H,24,25). The topological polar surface area (TPSA) is 116 Å². The number of carboxylic acids is 1. The number of hydrogen-bond donors (Lipinski definition) is 3. The Hall–Kier alpha value is -2.43. The fourth-order valence-electron chi connectivity index (χ4n) is 2.57. The van der Waals surface area contributed by atoms with Crippen molar-refractivity contribution in [3.05, 3.63) is 47.0 Å². The molecule has 2 aromatic carbocycles. The van der Waals surface area contributed by atoms with E-state index in [1.54, 1.807) is 18.2 Å². The number of sulfonamides is 1. The number of hydrogen-bond acceptors (Lipinski definition) is 5. The maximum Gasteiger partial charge on any atom is 0.342 e. The van der Waals surface area contributed by atoms with Crippen molar-refractivity contribution in [2.24, 2.45) is 0 Å². The van der Waals surface area contributed by atoms with Gasteiger partial charge in [0.2, 0.25) is 15.9 Å².